The number of guanidine groups is 1. The number of benzene rings is 2. The van der Waals surface area contributed by atoms with Gasteiger partial charge in [0.25, 0.3) is 0 Å². The molecule has 3 aromatic rings. The third kappa shape index (κ3) is 6.44. The van der Waals surface area contributed by atoms with Gasteiger partial charge in [0.05, 0.1) is 41.4 Å². The van der Waals surface area contributed by atoms with E-state index >= 15 is 4.79 Å². The second-order valence-electron chi connectivity index (χ2n) is 14.9. The molecule has 0 saturated heterocycles. The molecule has 2 aliphatic carbocycles. The number of rotatable bonds is 8. The monoisotopic (exact) mass is 742 g/mol. The van der Waals surface area contributed by atoms with Gasteiger partial charge in [-0.1, -0.05) is 33.7 Å². The zero-order valence-electron chi connectivity index (χ0n) is 28.7. The van der Waals surface area contributed by atoms with E-state index in [0.717, 1.165) is 31.2 Å². The molecule has 2 aromatic carbocycles. The van der Waals surface area contributed by atoms with Gasteiger partial charge in [-0.25, -0.2) is 4.99 Å². The number of hydrogen-bond acceptors (Lipinski definition) is 13. The third-order valence-corrected chi connectivity index (χ3v) is 13.6. The molecule has 5 atom stereocenters. The molecule has 13 nitrogen and oxygen atoms in total. The summed E-state index contributed by atoms with van der Waals surface area (Å²) in [4.78, 5) is 19.9. The largest absolute Gasteiger partial charge is 0.489 e. The molecule has 276 valence electrons. The van der Waals surface area contributed by atoms with Crippen LogP contribution < -0.4 is 31.8 Å². The molecule has 10 N–H and O–H groups in total. The number of hydrogen-bond donors (Lipinski definition) is 8. The van der Waals surface area contributed by atoms with E-state index in [-0.39, 0.29) is 71.4 Å². The van der Waals surface area contributed by atoms with Crippen molar-refractivity contribution in [2.45, 2.75) is 105 Å². The van der Waals surface area contributed by atoms with Crippen molar-refractivity contribution in [1.29, 1.82) is 0 Å². The molecule has 4 aliphatic rings. The van der Waals surface area contributed by atoms with E-state index in [9.17, 15) is 25.6 Å². The van der Waals surface area contributed by atoms with Gasteiger partial charge in [-0.2, -0.15) is 0 Å². The van der Waals surface area contributed by atoms with Gasteiger partial charge in [0.1, 0.15) is 45.5 Å². The molecule has 3 heterocycles. The fourth-order valence-electron chi connectivity index (χ4n) is 8.21. The number of nitrogens with one attached hydrogen (secondary N) is 1. The Labute approximate surface area is 303 Å². The van der Waals surface area contributed by atoms with Gasteiger partial charge in [0.2, 0.25) is 5.43 Å². The molecule has 2 aliphatic heterocycles. The standard InChI is InChI=1S/C36H46N4O9S2/c1-34(2,44)24-13-22-29(48-24)26-23(14-41)51-50-17-35(16-42,39-33(37)38)15-36(45)12-11-21(18-7-9-19(40-46)10-8-18)25-28(43)27(31(26)49-32(25)36)30(22)47-20-5-3-4-6-20/h7-10,20-21,23-24,40-42,44-46H,3-6,11-17H2,1-2H3,(H4,37,38,39). The lowest BCUT2D eigenvalue weighted by molar-refractivity contribution is -0.0360. The van der Waals surface area contributed by atoms with Crippen molar-refractivity contribution in [3.63, 3.8) is 0 Å². The quantitative estimate of drug-likeness (QED) is 0.0709. The summed E-state index contributed by atoms with van der Waals surface area (Å²) in [6.07, 6.45) is 3.39. The number of nitrogens with two attached hydrogens (primary N) is 2. The summed E-state index contributed by atoms with van der Waals surface area (Å²) < 4.78 is 20.2. The lowest BCUT2D eigenvalue weighted by Gasteiger charge is -2.41. The summed E-state index contributed by atoms with van der Waals surface area (Å²) >= 11 is 0. The number of aliphatic hydroxyl groups excluding tert-OH is 2. The lowest BCUT2D eigenvalue weighted by Crippen LogP contribution is -2.47. The second-order valence-corrected chi connectivity index (χ2v) is 17.5. The molecule has 51 heavy (non-hydrogen) atoms. The van der Waals surface area contributed by atoms with Crippen LogP contribution >= 0.6 is 21.6 Å². The van der Waals surface area contributed by atoms with Crippen LogP contribution in [-0.4, -0.2) is 73.9 Å². The first kappa shape index (κ1) is 36.2. The highest BCUT2D eigenvalue weighted by Gasteiger charge is 2.51. The van der Waals surface area contributed by atoms with Gasteiger partial charge in [0.15, 0.2) is 5.96 Å². The minimum absolute atomic E-state index is 0.0304. The van der Waals surface area contributed by atoms with Gasteiger partial charge >= 0.3 is 0 Å². The normalized spacial score (nSPS) is 27.9. The van der Waals surface area contributed by atoms with Crippen molar-refractivity contribution in [3.05, 3.63) is 62.5 Å². The van der Waals surface area contributed by atoms with Crippen molar-refractivity contribution in [2.24, 2.45) is 16.5 Å². The molecule has 7 rings (SSSR count). The third-order valence-electron chi connectivity index (χ3n) is 10.8. The van der Waals surface area contributed by atoms with E-state index in [2.05, 4.69) is 10.5 Å². The molecular formula is C36H46N4O9S2. The summed E-state index contributed by atoms with van der Waals surface area (Å²) in [6, 6.07) is 7.02. The van der Waals surface area contributed by atoms with Crippen LogP contribution in [0.3, 0.4) is 0 Å². The van der Waals surface area contributed by atoms with Crippen LogP contribution in [0.15, 0.2) is 38.5 Å². The van der Waals surface area contributed by atoms with Crippen molar-refractivity contribution in [3.8, 4) is 11.5 Å². The Kier molecular flexibility index (Phi) is 9.70. The second kappa shape index (κ2) is 13.7. The van der Waals surface area contributed by atoms with Crippen LogP contribution in [0.1, 0.15) is 98.0 Å². The summed E-state index contributed by atoms with van der Waals surface area (Å²) in [5.74, 6) is 0.137. The molecule has 1 fully saturated rings. The lowest BCUT2D eigenvalue weighted by atomic mass is 9.70. The van der Waals surface area contributed by atoms with Crippen LogP contribution in [-0.2, 0) is 12.0 Å². The van der Waals surface area contributed by atoms with E-state index in [1.807, 2.05) is 12.1 Å². The predicted octanol–water partition coefficient (Wildman–Crippen LogP) is 3.93. The summed E-state index contributed by atoms with van der Waals surface area (Å²) in [7, 11) is 2.62. The number of aliphatic hydroxyl groups is 4. The first-order valence-corrected chi connectivity index (χ1v) is 19.8. The Morgan fingerprint density at radius 3 is 2.49 bits per heavy atom. The molecule has 0 radical (unpaired) electrons. The first-order chi connectivity index (χ1) is 24.3. The van der Waals surface area contributed by atoms with Crippen LogP contribution in [0.25, 0.3) is 11.0 Å². The van der Waals surface area contributed by atoms with Crippen LogP contribution in [0.5, 0.6) is 11.5 Å². The van der Waals surface area contributed by atoms with Crippen molar-refractivity contribution < 1.29 is 39.5 Å². The Bertz CT molecular complexity index is 1890. The van der Waals surface area contributed by atoms with E-state index in [1.165, 1.54) is 21.6 Å². The smallest absolute Gasteiger partial charge is 0.200 e. The highest BCUT2D eigenvalue weighted by molar-refractivity contribution is 8.76. The average Bonchev–Trinajstić information content (AvgIpc) is 3.78. The topological polar surface area (TPSA) is 226 Å². The summed E-state index contributed by atoms with van der Waals surface area (Å²) in [5.41, 5.74) is 11.8. The minimum atomic E-state index is -1.79. The zero-order valence-corrected chi connectivity index (χ0v) is 30.3. The van der Waals surface area contributed by atoms with Gasteiger partial charge < -0.3 is 45.8 Å². The number of nitrogens with zero attached hydrogens (tertiary/aromatic N) is 1. The maximum absolute atomic E-state index is 15.4. The van der Waals surface area contributed by atoms with Gasteiger partial charge in [0, 0.05) is 35.6 Å². The van der Waals surface area contributed by atoms with Crippen molar-refractivity contribution >= 4 is 44.2 Å². The minimum Gasteiger partial charge on any atom is -0.489 e. The Morgan fingerprint density at radius 1 is 1.14 bits per heavy atom. The Morgan fingerprint density at radius 2 is 1.86 bits per heavy atom. The predicted molar refractivity (Wildman–Crippen MR) is 197 cm³/mol. The highest BCUT2D eigenvalue weighted by atomic mass is 33.1. The average molecular weight is 743 g/mol. The van der Waals surface area contributed by atoms with Crippen LogP contribution in [0.4, 0.5) is 5.69 Å². The van der Waals surface area contributed by atoms with E-state index in [1.54, 1.807) is 26.0 Å². The molecule has 15 heteroatoms. The van der Waals surface area contributed by atoms with Gasteiger partial charge in [-0.05, 0) is 70.1 Å². The van der Waals surface area contributed by atoms with Gasteiger partial charge in [-0.3, -0.25) is 15.5 Å². The van der Waals surface area contributed by atoms with Crippen molar-refractivity contribution in [2.75, 3.05) is 24.4 Å². The number of ether oxygens (including phenoxy) is 2. The van der Waals surface area contributed by atoms with Crippen molar-refractivity contribution in [1.82, 2.24) is 0 Å². The Balaban J connectivity index is 1.58. The fourth-order valence-corrected chi connectivity index (χ4v) is 11.1. The maximum atomic E-state index is 15.4. The summed E-state index contributed by atoms with van der Waals surface area (Å²) in [5, 5.41) is 54.7. The van der Waals surface area contributed by atoms with E-state index < -0.39 is 40.6 Å². The summed E-state index contributed by atoms with van der Waals surface area (Å²) in [6.45, 7) is 2.45. The Hall–Kier alpha value is -3.18. The molecule has 1 aromatic heterocycles. The molecule has 2 bridgehead atoms. The zero-order chi connectivity index (χ0) is 36.3. The molecule has 5 unspecified atom stereocenters. The maximum Gasteiger partial charge on any atom is 0.200 e. The highest BCUT2D eigenvalue weighted by Crippen LogP contribution is 2.57. The SMILES string of the molecule is CC(C)(O)C1Cc2c(c3c4oc5c(c(=O)c4c2OC2CCCC2)C(c2ccc(NO)cc2)CCC5(O)CC(CO)(N=C(N)N)CSSC3CO)O1. The fraction of sp³-hybridized carbons (Fsp3) is 0.556. The van der Waals surface area contributed by atoms with Crippen LogP contribution in [0, 0.1) is 0 Å². The van der Waals surface area contributed by atoms with Gasteiger partial charge in [-0.15, -0.1) is 0 Å². The molecule has 0 amide bonds. The van der Waals surface area contributed by atoms with E-state index in [4.69, 9.17) is 25.4 Å². The number of fused-ring (bicyclic) bond motifs is 2. The van der Waals surface area contributed by atoms with Crippen LogP contribution in [0.2, 0.25) is 0 Å². The number of anilines is 1. The first-order valence-electron chi connectivity index (χ1n) is 17.4. The number of aliphatic imine (C=N–C) groups is 1. The molecule has 1 saturated carbocycles. The van der Waals surface area contributed by atoms with E-state index in [0.29, 0.717) is 34.7 Å². The molecule has 0 spiro atoms. The molecular weight excluding hydrogens is 697 g/mol.